The number of carbonyl (C=O) groups is 2. The van der Waals surface area contributed by atoms with E-state index in [9.17, 15) is 9.59 Å². The van der Waals surface area contributed by atoms with Gasteiger partial charge in [0.15, 0.2) is 0 Å². The molecule has 2 N–H and O–H groups in total. The van der Waals surface area contributed by atoms with Gasteiger partial charge in [-0.05, 0) is 31.0 Å². The molecule has 0 aliphatic carbocycles. The Morgan fingerprint density at radius 1 is 1.03 bits per heavy atom. The molecule has 0 spiro atoms. The topological polar surface area (TPSA) is 79.9 Å². The van der Waals surface area contributed by atoms with E-state index in [0.717, 1.165) is 44.6 Å². The fourth-order valence-corrected chi connectivity index (χ4v) is 3.62. The third-order valence-electron chi connectivity index (χ3n) is 5.35. The summed E-state index contributed by atoms with van der Waals surface area (Å²) in [6.07, 6.45) is 1.88. The minimum Gasteiger partial charge on any atom is -0.496 e. The average Bonchev–Trinajstić information content (AvgIpc) is 2.83. The number of carbonyl (C=O) groups excluding carboxylic acids is 2. The van der Waals surface area contributed by atoms with Crippen LogP contribution in [0.5, 0.6) is 5.75 Å². The molecule has 1 fully saturated rings. The Labute approximate surface area is 183 Å². The quantitative estimate of drug-likeness (QED) is 0.476. The summed E-state index contributed by atoms with van der Waals surface area (Å²) in [4.78, 5) is 26.4. The van der Waals surface area contributed by atoms with Crippen molar-refractivity contribution in [2.24, 2.45) is 0 Å². The molecule has 2 amide bonds. The van der Waals surface area contributed by atoms with Crippen LogP contribution in [-0.2, 0) is 20.9 Å². The van der Waals surface area contributed by atoms with Gasteiger partial charge in [0.25, 0.3) is 0 Å². The highest BCUT2D eigenvalue weighted by Crippen LogP contribution is 2.22. The zero-order valence-electron chi connectivity index (χ0n) is 18.0. The van der Waals surface area contributed by atoms with Crippen LogP contribution in [0.2, 0.25) is 0 Å². The molecule has 166 valence electrons. The molecule has 1 saturated heterocycles. The van der Waals surface area contributed by atoms with Gasteiger partial charge in [0.1, 0.15) is 5.75 Å². The molecular formula is C24H31N3O4. The lowest BCUT2D eigenvalue weighted by Gasteiger charge is -2.33. The first-order chi connectivity index (χ1) is 15.2. The van der Waals surface area contributed by atoms with E-state index >= 15 is 0 Å². The number of hydrogen-bond donors (Lipinski definition) is 2. The monoisotopic (exact) mass is 425 g/mol. The van der Waals surface area contributed by atoms with Crippen LogP contribution in [0, 0.1) is 0 Å². The Morgan fingerprint density at radius 3 is 2.58 bits per heavy atom. The summed E-state index contributed by atoms with van der Waals surface area (Å²) in [6.45, 7) is 4.19. The third-order valence-corrected chi connectivity index (χ3v) is 5.35. The van der Waals surface area contributed by atoms with Gasteiger partial charge >= 0.3 is 11.8 Å². The van der Waals surface area contributed by atoms with Gasteiger partial charge in [0, 0.05) is 31.7 Å². The van der Waals surface area contributed by atoms with Gasteiger partial charge in [-0.25, -0.2) is 0 Å². The van der Waals surface area contributed by atoms with Gasteiger partial charge in [-0.2, -0.15) is 0 Å². The molecular weight excluding hydrogens is 394 g/mol. The molecule has 0 radical (unpaired) electrons. The van der Waals surface area contributed by atoms with E-state index in [0.29, 0.717) is 12.3 Å². The molecule has 1 heterocycles. The second-order valence-corrected chi connectivity index (χ2v) is 7.53. The van der Waals surface area contributed by atoms with E-state index in [1.165, 1.54) is 5.56 Å². The summed E-state index contributed by atoms with van der Waals surface area (Å²) in [5.41, 5.74) is 2.03. The highest BCUT2D eigenvalue weighted by Gasteiger charge is 2.21. The fraction of sp³-hybridized carbons (Fsp3) is 0.417. The molecule has 0 bridgehead atoms. The molecule has 7 nitrogen and oxygen atoms in total. The summed E-state index contributed by atoms with van der Waals surface area (Å²) in [7, 11) is 1.58. The van der Waals surface area contributed by atoms with Crippen molar-refractivity contribution in [1.29, 1.82) is 0 Å². The Morgan fingerprint density at radius 2 is 1.77 bits per heavy atom. The van der Waals surface area contributed by atoms with Crippen LogP contribution in [-0.4, -0.2) is 56.6 Å². The lowest BCUT2D eigenvalue weighted by Crippen LogP contribution is -2.40. The Bertz CT molecular complexity index is 844. The molecule has 3 rings (SSSR count). The van der Waals surface area contributed by atoms with Crippen LogP contribution >= 0.6 is 0 Å². The minimum absolute atomic E-state index is 0.113. The van der Waals surface area contributed by atoms with E-state index in [-0.39, 0.29) is 12.6 Å². The van der Waals surface area contributed by atoms with Crippen molar-refractivity contribution in [3.05, 3.63) is 65.7 Å². The van der Waals surface area contributed by atoms with Crippen molar-refractivity contribution in [3.63, 3.8) is 0 Å². The van der Waals surface area contributed by atoms with E-state index in [1.807, 2.05) is 42.5 Å². The largest absolute Gasteiger partial charge is 0.496 e. The minimum atomic E-state index is -0.634. The first-order valence-electron chi connectivity index (χ1n) is 10.7. The Kier molecular flexibility index (Phi) is 8.87. The summed E-state index contributed by atoms with van der Waals surface area (Å²) < 4.78 is 11.1. The Hall–Kier alpha value is -2.90. The first kappa shape index (κ1) is 22.8. The van der Waals surface area contributed by atoms with Crippen molar-refractivity contribution in [2.45, 2.75) is 25.5 Å². The lowest BCUT2D eigenvalue weighted by atomic mass is 10.1. The SMILES string of the molecule is COc1ccccc1CNC(=O)C(=O)NCCCCN1CCOC(c2ccccc2)C1. The van der Waals surface area contributed by atoms with Crippen LogP contribution < -0.4 is 15.4 Å². The summed E-state index contributed by atoms with van der Waals surface area (Å²) in [5, 5.41) is 5.33. The molecule has 0 saturated carbocycles. The van der Waals surface area contributed by atoms with E-state index in [4.69, 9.17) is 9.47 Å². The number of morpholine rings is 1. The third kappa shape index (κ3) is 7.08. The smallest absolute Gasteiger partial charge is 0.309 e. The second kappa shape index (κ2) is 12.1. The number of nitrogens with zero attached hydrogens (tertiary/aromatic N) is 1. The van der Waals surface area contributed by atoms with Crippen molar-refractivity contribution < 1.29 is 19.1 Å². The number of para-hydroxylation sites is 1. The van der Waals surface area contributed by atoms with Crippen molar-refractivity contribution in [3.8, 4) is 5.75 Å². The van der Waals surface area contributed by atoms with Gasteiger partial charge in [0.2, 0.25) is 0 Å². The molecule has 1 aliphatic rings. The predicted octanol–water partition coefficient (Wildman–Crippen LogP) is 2.28. The zero-order chi connectivity index (χ0) is 21.9. The second-order valence-electron chi connectivity index (χ2n) is 7.53. The normalized spacial score (nSPS) is 16.5. The standard InChI is InChI=1S/C24H31N3O4/c1-30-21-12-6-5-11-20(21)17-26-24(29)23(28)25-13-7-8-14-27-15-16-31-22(18-27)19-9-3-2-4-10-19/h2-6,9-12,22H,7-8,13-18H2,1H3,(H,25,28)(H,26,29). The van der Waals surface area contributed by atoms with Gasteiger partial charge in [-0.3, -0.25) is 14.5 Å². The lowest BCUT2D eigenvalue weighted by molar-refractivity contribution is -0.139. The Balaban J connectivity index is 1.30. The van der Waals surface area contributed by atoms with Crippen LogP contribution in [0.15, 0.2) is 54.6 Å². The molecule has 1 aliphatic heterocycles. The average molecular weight is 426 g/mol. The number of unbranched alkanes of at least 4 members (excludes halogenated alkanes) is 1. The summed E-state index contributed by atoms with van der Waals surface area (Å²) in [5.74, 6) is -0.559. The van der Waals surface area contributed by atoms with Crippen molar-refractivity contribution in [2.75, 3.05) is 39.9 Å². The maximum absolute atomic E-state index is 12.0. The fourth-order valence-electron chi connectivity index (χ4n) is 3.62. The summed E-state index contributed by atoms with van der Waals surface area (Å²) in [6, 6.07) is 17.7. The zero-order valence-corrected chi connectivity index (χ0v) is 18.0. The highest BCUT2D eigenvalue weighted by molar-refractivity contribution is 6.35. The number of benzene rings is 2. The summed E-state index contributed by atoms with van der Waals surface area (Å²) >= 11 is 0. The van der Waals surface area contributed by atoms with Gasteiger partial charge in [0.05, 0.1) is 19.8 Å². The number of amides is 2. The van der Waals surface area contributed by atoms with Gasteiger partial charge < -0.3 is 20.1 Å². The van der Waals surface area contributed by atoms with Crippen LogP contribution in [0.25, 0.3) is 0 Å². The van der Waals surface area contributed by atoms with Gasteiger partial charge in [-0.1, -0.05) is 48.5 Å². The van der Waals surface area contributed by atoms with Crippen LogP contribution in [0.4, 0.5) is 0 Å². The van der Waals surface area contributed by atoms with Crippen LogP contribution in [0.1, 0.15) is 30.1 Å². The predicted molar refractivity (Wildman–Crippen MR) is 119 cm³/mol. The van der Waals surface area contributed by atoms with Crippen molar-refractivity contribution in [1.82, 2.24) is 15.5 Å². The molecule has 31 heavy (non-hydrogen) atoms. The first-order valence-corrected chi connectivity index (χ1v) is 10.7. The molecule has 7 heteroatoms. The van der Waals surface area contributed by atoms with Crippen LogP contribution in [0.3, 0.4) is 0 Å². The van der Waals surface area contributed by atoms with E-state index in [1.54, 1.807) is 7.11 Å². The maximum atomic E-state index is 12.0. The number of hydrogen-bond acceptors (Lipinski definition) is 5. The molecule has 2 aromatic rings. The molecule has 0 aromatic heterocycles. The van der Waals surface area contributed by atoms with Crippen molar-refractivity contribution >= 4 is 11.8 Å². The molecule has 1 unspecified atom stereocenters. The maximum Gasteiger partial charge on any atom is 0.309 e. The van der Waals surface area contributed by atoms with E-state index in [2.05, 4.69) is 27.7 Å². The highest BCUT2D eigenvalue weighted by atomic mass is 16.5. The molecule has 1 atom stereocenters. The molecule has 2 aromatic carbocycles. The number of methoxy groups -OCH3 is 1. The number of rotatable bonds is 9. The van der Waals surface area contributed by atoms with Gasteiger partial charge in [-0.15, -0.1) is 0 Å². The van der Waals surface area contributed by atoms with E-state index < -0.39 is 11.8 Å². The number of ether oxygens (including phenoxy) is 2. The number of nitrogens with one attached hydrogen (secondary N) is 2.